The molecular weight excluding hydrogens is 288 g/mol. The summed E-state index contributed by atoms with van der Waals surface area (Å²) in [7, 11) is -11.0. The minimum atomic E-state index is -5.49. The molecule has 1 aromatic rings. The van der Waals surface area contributed by atoms with Crippen LogP contribution in [0.25, 0.3) is 0 Å². The van der Waals surface area contributed by atoms with E-state index in [-0.39, 0.29) is 11.2 Å². The summed E-state index contributed by atoms with van der Waals surface area (Å²) in [6, 6.07) is 4.19. The highest BCUT2D eigenvalue weighted by Gasteiger charge is 2.60. The molecule has 0 aliphatic heterocycles. The highest BCUT2D eigenvalue weighted by molar-refractivity contribution is 7.71. The van der Waals surface area contributed by atoms with Crippen molar-refractivity contribution in [2.24, 2.45) is 0 Å². The van der Waals surface area contributed by atoms with Gasteiger partial charge in [0.15, 0.2) is 0 Å². The molecule has 0 unspecified atom stereocenters. The lowest BCUT2D eigenvalue weighted by Gasteiger charge is -2.29. The van der Waals surface area contributed by atoms with Crippen LogP contribution in [0.15, 0.2) is 24.3 Å². The van der Waals surface area contributed by atoms with Crippen molar-refractivity contribution in [2.75, 3.05) is 5.73 Å². The van der Waals surface area contributed by atoms with E-state index in [2.05, 4.69) is 0 Å². The molecule has 0 bridgehead atoms. The summed E-state index contributed by atoms with van der Waals surface area (Å²) in [6.45, 7) is 0. The Morgan fingerprint density at radius 2 is 1.28 bits per heavy atom. The van der Waals surface area contributed by atoms with Crippen LogP contribution in [0.4, 0.5) is 5.69 Å². The molecule has 0 saturated heterocycles. The molecule has 104 valence electrons. The van der Waals surface area contributed by atoms with Gasteiger partial charge < -0.3 is 35.9 Å². The monoisotopic (exact) mass is 301 g/mol. The maximum absolute atomic E-state index is 11.1. The number of nitrogen functional groups attached to an aromatic ring is 1. The van der Waals surface area contributed by atoms with Gasteiger partial charge in [0, 0.05) is 11.3 Å². The molecule has 0 saturated carbocycles. The highest BCUT2D eigenvalue weighted by atomic mass is 31.2. The fraction of sp³-hybridized carbons (Fsp3) is 0.143. The van der Waals surface area contributed by atoms with E-state index < -0.39 is 25.8 Å². The number of benzene rings is 1. The van der Waals surface area contributed by atoms with Crippen molar-refractivity contribution in [2.45, 2.75) is 5.08 Å². The van der Waals surface area contributed by atoms with Crippen LogP contribution in [-0.4, -0.2) is 30.2 Å². The zero-order valence-electron chi connectivity index (χ0n) is 8.83. The lowest BCUT2D eigenvalue weighted by Crippen LogP contribution is -2.25. The lowest BCUT2D eigenvalue weighted by molar-refractivity contribution is 0.131. The number of rotatable bonds is 3. The van der Waals surface area contributed by atoms with E-state index in [0.717, 1.165) is 24.3 Å². The van der Waals surface area contributed by atoms with Gasteiger partial charge in [0.05, 0.1) is 0 Å². The highest BCUT2D eigenvalue weighted by Crippen LogP contribution is 2.72. The first-order valence-corrected chi connectivity index (χ1v) is 7.42. The first kappa shape index (κ1) is 17.2. The van der Waals surface area contributed by atoms with Crippen molar-refractivity contribution in [1.29, 1.82) is 0 Å². The SMILES string of the molecule is Nc1ccc(C(O)(P(=O)(O)O)P(=O)(O)O)cc1.O. The Balaban J connectivity index is 0.00000289. The number of anilines is 1. The van der Waals surface area contributed by atoms with Gasteiger partial charge in [0.25, 0.3) is 5.08 Å². The normalized spacial score (nSPS) is 12.9. The molecular formula is C7H13NO8P2. The van der Waals surface area contributed by atoms with E-state index in [1.54, 1.807) is 0 Å². The minimum Gasteiger partial charge on any atom is -0.412 e. The zero-order valence-corrected chi connectivity index (χ0v) is 10.6. The number of hydrogen-bond donors (Lipinski definition) is 6. The second-order valence-corrected chi connectivity index (χ2v) is 7.17. The van der Waals surface area contributed by atoms with Crippen molar-refractivity contribution in [1.82, 2.24) is 0 Å². The van der Waals surface area contributed by atoms with Gasteiger partial charge >= 0.3 is 15.2 Å². The van der Waals surface area contributed by atoms with Gasteiger partial charge in [-0.3, -0.25) is 9.13 Å². The maximum atomic E-state index is 11.1. The van der Waals surface area contributed by atoms with Gasteiger partial charge in [-0.2, -0.15) is 0 Å². The molecule has 0 amide bonds. The second kappa shape index (κ2) is 5.08. The van der Waals surface area contributed by atoms with Crippen molar-refractivity contribution in [3.8, 4) is 0 Å². The Hall–Kier alpha value is -0.760. The quantitative estimate of drug-likeness (QED) is 0.299. The summed E-state index contributed by atoms with van der Waals surface area (Å²) in [5.41, 5.74) is 4.93. The Morgan fingerprint density at radius 1 is 0.944 bits per heavy atom. The molecule has 1 rings (SSSR count). The standard InChI is InChI=1S/C7H11NO7P2.H2O/c8-6-3-1-5(2-4-6)7(9,16(10,11)12)17(13,14)15;/h1-4,9H,8H2,(H2,10,11,12)(H2,13,14,15);1H2. The number of nitrogens with two attached hydrogens (primary N) is 1. The summed E-state index contributed by atoms with van der Waals surface area (Å²) in [5, 5.41) is 6.12. The van der Waals surface area contributed by atoms with Crippen molar-refractivity contribution in [3.05, 3.63) is 29.8 Å². The molecule has 0 aliphatic rings. The topological polar surface area (TPSA) is 193 Å². The summed E-state index contributed by atoms with van der Waals surface area (Å²) in [4.78, 5) is 35.7. The van der Waals surface area contributed by atoms with Gasteiger partial charge in [0.2, 0.25) is 0 Å². The molecule has 0 atom stereocenters. The van der Waals surface area contributed by atoms with Gasteiger partial charge in [-0.1, -0.05) is 12.1 Å². The van der Waals surface area contributed by atoms with Crippen LogP contribution in [0.2, 0.25) is 0 Å². The van der Waals surface area contributed by atoms with Crippen LogP contribution >= 0.6 is 15.2 Å². The zero-order chi connectivity index (χ0) is 13.5. The van der Waals surface area contributed by atoms with Gasteiger partial charge in [-0.05, 0) is 12.1 Å². The fourth-order valence-corrected chi connectivity index (χ4v) is 3.54. The van der Waals surface area contributed by atoms with E-state index in [9.17, 15) is 14.2 Å². The van der Waals surface area contributed by atoms with Crippen LogP contribution in [0.3, 0.4) is 0 Å². The fourth-order valence-electron chi connectivity index (χ4n) is 1.21. The van der Waals surface area contributed by atoms with Crippen LogP contribution < -0.4 is 5.73 Å². The average molecular weight is 301 g/mol. The lowest BCUT2D eigenvalue weighted by atomic mass is 10.2. The van der Waals surface area contributed by atoms with E-state index >= 15 is 0 Å². The summed E-state index contributed by atoms with van der Waals surface area (Å²) >= 11 is 0. The summed E-state index contributed by atoms with van der Waals surface area (Å²) in [5.74, 6) is 0. The van der Waals surface area contributed by atoms with Gasteiger partial charge in [0.1, 0.15) is 0 Å². The molecule has 11 heteroatoms. The Bertz CT molecular complexity index is 481. The Labute approximate surface area is 102 Å². The largest absolute Gasteiger partial charge is 0.412 e. The molecule has 0 heterocycles. The van der Waals surface area contributed by atoms with E-state index in [1.807, 2.05) is 0 Å². The summed E-state index contributed by atoms with van der Waals surface area (Å²) < 4.78 is 22.2. The smallest absolute Gasteiger partial charge is 0.374 e. The van der Waals surface area contributed by atoms with E-state index in [4.69, 9.17) is 25.3 Å². The predicted molar refractivity (Wildman–Crippen MR) is 62.5 cm³/mol. The van der Waals surface area contributed by atoms with Crippen LogP contribution in [-0.2, 0) is 14.2 Å². The van der Waals surface area contributed by atoms with Crippen molar-refractivity contribution in [3.63, 3.8) is 0 Å². The number of aliphatic hydroxyl groups is 1. The van der Waals surface area contributed by atoms with Crippen LogP contribution in [0.1, 0.15) is 5.56 Å². The molecule has 18 heavy (non-hydrogen) atoms. The van der Waals surface area contributed by atoms with Gasteiger partial charge in [-0.15, -0.1) is 0 Å². The summed E-state index contributed by atoms with van der Waals surface area (Å²) in [6.07, 6.45) is 0. The average Bonchev–Trinajstić information content (AvgIpc) is 2.14. The minimum absolute atomic E-state index is 0. The van der Waals surface area contributed by atoms with Gasteiger partial charge in [-0.25, -0.2) is 0 Å². The van der Waals surface area contributed by atoms with Crippen LogP contribution in [0.5, 0.6) is 0 Å². The maximum Gasteiger partial charge on any atom is 0.374 e. The Kier molecular flexibility index (Phi) is 4.87. The van der Waals surface area contributed by atoms with Crippen molar-refractivity contribution < 1.29 is 39.3 Å². The van der Waals surface area contributed by atoms with Crippen molar-refractivity contribution >= 4 is 20.9 Å². The molecule has 9 N–H and O–H groups in total. The molecule has 9 nitrogen and oxygen atoms in total. The Morgan fingerprint density at radius 3 is 1.56 bits per heavy atom. The molecule has 0 spiro atoms. The third-order valence-electron chi connectivity index (χ3n) is 2.11. The second-order valence-electron chi connectivity index (χ2n) is 3.35. The third kappa shape index (κ3) is 2.80. The van der Waals surface area contributed by atoms with E-state index in [0.29, 0.717) is 0 Å². The third-order valence-corrected chi connectivity index (χ3v) is 5.81. The first-order valence-electron chi connectivity index (χ1n) is 4.20. The van der Waals surface area contributed by atoms with Crippen LogP contribution in [0, 0.1) is 0 Å². The molecule has 0 aliphatic carbocycles. The first-order chi connectivity index (χ1) is 7.50. The van der Waals surface area contributed by atoms with E-state index in [1.165, 1.54) is 0 Å². The number of hydrogen-bond acceptors (Lipinski definition) is 4. The predicted octanol–water partition coefficient (Wildman–Crippen LogP) is -1.10. The molecule has 1 aromatic carbocycles. The molecule has 0 radical (unpaired) electrons. The molecule has 0 fully saturated rings. The molecule has 0 aromatic heterocycles.